The molecule has 4 atom stereocenters. The largest absolute Gasteiger partial charge is 0.369 e. The van der Waals surface area contributed by atoms with E-state index in [1.807, 2.05) is 13.8 Å². The van der Waals surface area contributed by atoms with E-state index in [2.05, 4.69) is 25.3 Å². The van der Waals surface area contributed by atoms with E-state index in [-0.39, 0.29) is 29.8 Å². The van der Waals surface area contributed by atoms with Crippen LogP contribution in [0, 0.1) is 0 Å². The van der Waals surface area contributed by atoms with Crippen LogP contribution in [0.1, 0.15) is 13.8 Å². The van der Waals surface area contributed by atoms with Crippen LogP contribution in [-0.4, -0.2) is 64.0 Å². The van der Waals surface area contributed by atoms with Crippen LogP contribution in [0.3, 0.4) is 0 Å². The molecule has 29 heavy (non-hydrogen) atoms. The van der Waals surface area contributed by atoms with Gasteiger partial charge in [-0.15, -0.1) is 0 Å². The van der Waals surface area contributed by atoms with Crippen molar-refractivity contribution in [3.8, 4) is 0 Å². The molecular formula is C18H22N6O5. The van der Waals surface area contributed by atoms with Gasteiger partial charge in [0.25, 0.3) is 5.56 Å². The van der Waals surface area contributed by atoms with Crippen molar-refractivity contribution in [2.75, 3.05) is 24.7 Å². The molecule has 0 spiro atoms. The molecule has 0 unspecified atom stereocenters. The van der Waals surface area contributed by atoms with Crippen LogP contribution in [0.2, 0.25) is 0 Å². The summed E-state index contributed by atoms with van der Waals surface area (Å²) in [5.74, 6) is -0.0767. The lowest BCUT2D eigenvalue weighted by atomic mass is 10.1. The number of aromatic amines is 2. The normalized spacial score (nSPS) is 28.2. The summed E-state index contributed by atoms with van der Waals surface area (Å²) in [7, 11) is 1.58. The molecule has 0 radical (unpaired) electrons. The van der Waals surface area contributed by atoms with E-state index < -0.39 is 12.1 Å². The molecule has 3 aromatic rings. The van der Waals surface area contributed by atoms with Crippen molar-refractivity contribution in [3.05, 3.63) is 22.5 Å². The highest BCUT2D eigenvalue weighted by molar-refractivity contribution is 5.93. The number of hydrogen-bond donors (Lipinski definition) is 4. The maximum absolute atomic E-state index is 12.1. The minimum absolute atomic E-state index is 0.0677. The summed E-state index contributed by atoms with van der Waals surface area (Å²) in [6.07, 6.45) is -1.30. The van der Waals surface area contributed by atoms with Crippen molar-refractivity contribution in [1.82, 2.24) is 19.9 Å². The fourth-order valence-electron chi connectivity index (χ4n) is 3.94. The topological polar surface area (TPSA) is 149 Å². The third kappa shape index (κ3) is 3.12. The zero-order chi connectivity index (χ0) is 20.3. The van der Waals surface area contributed by atoms with E-state index in [1.165, 1.54) is 0 Å². The average molecular weight is 402 g/mol. The molecule has 2 saturated heterocycles. The molecule has 2 fully saturated rings. The van der Waals surface area contributed by atoms with Crippen LogP contribution in [0.5, 0.6) is 0 Å². The van der Waals surface area contributed by atoms with Crippen molar-refractivity contribution in [1.29, 1.82) is 0 Å². The van der Waals surface area contributed by atoms with Gasteiger partial charge in [0.15, 0.2) is 12.1 Å². The van der Waals surface area contributed by atoms with Crippen LogP contribution in [-0.2, 0) is 18.9 Å². The number of nitrogens with two attached hydrogens (primary N) is 1. The predicted octanol–water partition coefficient (Wildman–Crippen LogP) is 0.685. The molecule has 11 nitrogen and oxygen atoms in total. The highest BCUT2D eigenvalue weighted by atomic mass is 16.8. The van der Waals surface area contributed by atoms with Gasteiger partial charge in [0.2, 0.25) is 11.9 Å². The van der Waals surface area contributed by atoms with Crippen LogP contribution < -0.4 is 16.6 Å². The molecular weight excluding hydrogens is 380 g/mol. The van der Waals surface area contributed by atoms with Gasteiger partial charge in [-0.05, 0) is 26.0 Å². The second-order valence-electron chi connectivity index (χ2n) is 7.65. The lowest BCUT2D eigenvalue weighted by Crippen LogP contribution is -2.34. The first-order valence-corrected chi connectivity index (χ1v) is 9.30. The Kier molecular flexibility index (Phi) is 4.03. The number of methoxy groups -OCH3 is 1. The van der Waals surface area contributed by atoms with Gasteiger partial charge in [-0.2, -0.15) is 0 Å². The minimum Gasteiger partial charge on any atom is -0.369 e. The molecule has 154 valence electrons. The van der Waals surface area contributed by atoms with E-state index in [4.69, 9.17) is 24.7 Å². The Balaban J connectivity index is 1.37. The summed E-state index contributed by atoms with van der Waals surface area (Å²) < 4.78 is 23.2. The number of nitrogens with zero attached hydrogens (tertiary/aromatic N) is 2. The van der Waals surface area contributed by atoms with Crippen molar-refractivity contribution >= 4 is 33.8 Å². The third-order valence-corrected chi connectivity index (χ3v) is 5.14. The highest BCUT2D eigenvalue weighted by Gasteiger charge is 2.55. The predicted molar refractivity (Wildman–Crippen MR) is 104 cm³/mol. The summed E-state index contributed by atoms with van der Waals surface area (Å²) in [4.78, 5) is 26.4. The molecule has 1 aromatic carbocycles. The number of imidazole rings is 1. The fraction of sp³-hybridized carbons (Fsp3) is 0.500. The fourth-order valence-corrected chi connectivity index (χ4v) is 3.94. The molecule has 2 aromatic heterocycles. The molecule has 0 amide bonds. The maximum atomic E-state index is 12.1. The number of H-pyrrole nitrogens is 2. The molecule has 0 saturated carbocycles. The van der Waals surface area contributed by atoms with Gasteiger partial charge >= 0.3 is 0 Å². The number of nitrogen functional groups attached to an aromatic ring is 1. The van der Waals surface area contributed by atoms with Crippen LogP contribution in [0.15, 0.2) is 16.9 Å². The molecule has 2 aliphatic rings. The van der Waals surface area contributed by atoms with Gasteiger partial charge in [-0.1, -0.05) is 0 Å². The number of rotatable bonds is 4. The Bertz CT molecular complexity index is 1140. The lowest BCUT2D eigenvalue weighted by Gasteiger charge is -2.23. The minimum atomic E-state index is -0.685. The summed E-state index contributed by atoms with van der Waals surface area (Å²) in [5, 5.41) is 3.66. The number of ether oxygens (including phenoxy) is 4. The van der Waals surface area contributed by atoms with Crippen LogP contribution in [0.25, 0.3) is 21.9 Å². The van der Waals surface area contributed by atoms with Crippen molar-refractivity contribution in [2.24, 2.45) is 0 Å². The quantitative estimate of drug-likeness (QED) is 0.494. The Hall–Kier alpha value is -2.73. The highest BCUT2D eigenvalue weighted by Crippen LogP contribution is 2.38. The molecule has 5 rings (SSSR count). The van der Waals surface area contributed by atoms with Crippen LogP contribution in [0.4, 0.5) is 11.9 Å². The SMILES string of the molecule is CO[C@@H]1O[C@H](CNc2nc3cc4nc(N)[nH]c(=O)c4cc3[nH]2)[C@H]2OC(C)(C)O[C@@H]12. The monoisotopic (exact) mass is 402 g/mol. The van der Waals surface area contributed by atoms with Gasteiger partial charge in [-0.3, -0.25) is 9.78 Å². The van der Waals surface area contributed by atoms with Crippen molar-refractivity contribution in [2.45, 2.75) is 44.2 Å². The molecule has 0 bridgehead atoms. The van der Waals surface area contributed by atoms with E-state index in [0.29, 0.717) is 34.4 Å². The zero-order valence-corrected chi connectivity index (χ0v) is 16.2. The Morgan fingerprint density at radius 2 is 2.00 bits per heavy atom. The van der Waals surface area contributed by atoms with Gasteiger partial charge in [-0.25, -0.2) is 9.97 Å². The van der Waals surface area contributed by atoms with Crippen LogP contribution >= 0.6 is 0 Å². The first kappa shape index (κ1) is 18.3. The number of anilines is 2. The van der Waals surface area contributed by atoms with Gasteiger partial charge in [0.1, 0.15) is 18.3 Å². The van der Waals surface area contributed by atoms with Gasteiger partial charge in [0, 0.05) is 13.7 Å². The zero-order valence-electron chi connectivity index (χ0n) is 16.2. The molecule has 11 heteroatoms. The molecule has 4 heterocycles. The average Bonchev–Trinajstić information content (AvgIpc) is 3.28. The Labute approximate surface area is 164 Å². The molecule has 0 aliphatic carbocycles. The van der Waals surface area contributed by atoms with E-state index in [9.17, 15) is 4.79 Å². The second-order valence-corrected chi connectivity index (χ2v) is 7.65. The van der Waals surface area contributed by atoms with E-state index in [1.54, 1.807) is 19.2 Å². The van der Waals surface area contributed by atoms with Gasteiger partial charge < -0.3 is 35.0 Å². The molecule has 5 N–H and O–H groups in total. The Morgan fingerprint density at radius 3 is 2.79 bits per heavy atom. The first-order valence-electron chi connectivity index (χ1n) is 9.30. The Morgan fingerprint density at radius 1 is 1.21 bits per heavy atom. The lowest BCUT2D eigenvalue weighted by molar-refractivity contribution is -0.225. The maximum Gasteiger partial charge on any atom is 0.260 e. The smallest absolute Gasteiger partial charge is 0.260 e. The summed E-state index contributed by atoms with van der Waals surface area (Å²) >= 11 is 0. The van der Waals surface area contributed by atoms with Gasteiger partial charge in [0.05, 0.1) is 21.9 Å². The number of fused-ring (bicyclic) bond motifs is 3. The number of aromatic nitrogens is 4. The number of nitrogens with one attached hydrogen (secondary N) is 3. The number of benzene rings is 1. The van der Waals surface area contributed by atoms with E-state index >= 15 is 0 Å². The number of hydrogen-bond acceptors (Lipinski definition) is 9. The van der Waals surface area contributed by atoms with Crippen molar-refractivity contribution in [3.63, 3.8) is 0 Å². The van der Waals surface area contributed by atoms with Crippen molar-refractivity contribution < 1.29 is 18.9 Å². The second kappa shape index (κ2) is 6.39. The summed E-state index contributed by atoms with van der Waals surface area (Å²) in [5.41, 5.74) is 7.19. The third-order valence-electron chi connectivity index (χ3n) is 5.14. The standard InChI is InChI=1S/C18H22N6O5/c1-18(2)28-12-11(27-15(26-3)13(12)29-18)6-20-17-22-9-4-7-8(5-10(9)23-17)21-16(19)24-14(7)25/h4-5,11-13,15H,6H2,1-3H3,(H2,20,22,23)(H3,19,21,24,25)/t11-,12-,13-,15-/m1/s1. The first-order chi connectivity index (χ1) is 13.8. The summed E-state index contributed by atoms with van der Waals surface area (Å²) in [6, 6.07) is 3.42. The summed E-state index contributed by atoms with van der Waals surface area (Å²) in [6.45, 7) is 4.18. The molecule has 2 aliphatic heterocycles. The van der Waals surface area contributed by atoms with E-state index in [0.717, 1.165) is 0 Å².